The molecule has 1 atom stereocenters. The Hall–Kier alpha value is -1.47. The van der Waals surface area contributed by atoms with Crippen molar-refractivity contribution in [2.75, 3.05) is 13.7 Å². The second kappa shape index (κ2) is 8.27. The molecule has 0 unspecified atom stereocenters. The Balaban J connectivity index is 2.24. The number of ether oxygens (including phenoxy) is 2. The molecule has 2 aromatic carbocycles. The molecule has 0 saturated heterocycles. The lowest BCUT2D eigenvalue weighted by Gasteiger charge is -2.17. The van der Waals surface area contributed by atoms with Crippen molar-refractivity contribution in [1.82, 2.24) is 4.72 Å². The van der Waals surface area contributed by atoms with E-state index in [0.29, 0.717) is 12.4 Å². The van der Waals surface area contributed by atoms with Crippen LogP contribution in [0, 0.1) is 0 Å². The molecule has 0 aliphatic carbocycles. The van der Waals surface area contributed by atoms with Gasteiger partial charge < -0.3 is 9.47 Å². The Morgan fingerprint density at radius 1 is 1.08 bits per heavy atom. The highest BCUT2D eigenvalue weighted by atomic mass is 35.5. The summed E-state index contributed by atoms with van der Waals surface area (Å²) in [5.74, 6) is 1.04. The second-order valence-electron chi connectivity index (χ2n) is 5.24. The van der Waals surface area contributed by atoms with Crippen LogP contribution >= 0.6 is 23.2 Å². The van der Waals surface area contributed by atoms with Crippen LogP contribution in [0.25, 0.3) is 0 Å². The average molecular weight is 404 g/mol. The third kappa shape index (κ3) is 4.58. The fourth-order valence-electron chi connectivity index (χ4n) is 2.26. The second-order valence-corrected chi connectivity index (χ2v) is 7.68. The summed E-state index contributed by atoms with van der Waals surface area (Å²) in [7, 11) is -2.43. The smallest absolute Gasteiger partial charge is 0.242 e. The van der Waals surface area contributed by atoms with Gasteiger partial charge in [-0.1, -0.05) is 35.3 Å². The lowest BCUT2D eigenvalue weighted by atomic mass is 10.1. The summed E-state index contributed by atoms with van der Waals surface area (Å²) in [6.45, 7) is 4.21. The summed E-state index contributed by atoms with van der Waals surface area (Å²) in [5, 5.41) is -0.0202. The molecule has 0 spiro atoms. The first kappa shape index (κ1) is 19.8. The number of benzene rings is 2. The highest BCUT2D eigenvalue weighted by Gasteiger charge is 2.24. The molecular weight excluding hydrogens is 385 g/mol. The summed E-state index contributed by atoms with van der Waals surface area (Å²) in [6.07, 6.45) is 0. The third-order valence-electron chi connectivity index (χ3n) is 3.54. The summed E-state index contributed by atoms with van der Waals surface area (Å²) >= 11 is 12.1. The fourth-order valence-corrected chi connectivity index (χ4v) is 4.34. The van der Waals surface area contributed by atoms with Crippen LogP contribution in [0.5, 0.6) is 11.5 Å². The zero-order valence-electron chi connectivity index (χ0n) is 14.0. The molecule has 0 aliphatic heterocycles. The normalized spacial score (nSPS) is 12.7. The van der Waals surface area contributed by atoms with Gasteiger partial charge in [0.2, 0.25) is 10.0 Å². The van der Waals surface area contributed by atoms with Gasteiger partial charge in [-0.25, -0.2) is 13.1 Å². The Kier molecular flexibility index (Phi) is 6.57. The van der Waals surface area contributed by atoms with E-state index in [2.05, 4.69) is 4.72 Å². The average Bonchev–Trinajstić information content (AvgIpc) is 2.57. The van der Waals surface area contributed by atoms with Crippen molar-refractivity contribution in [2.45, 2.75) is 24.8 Å². The first-order valence-corrected chi connectivity index (χ1v) is 9.81. The molecule has 1 N–H and O–H groups in total. The van der Waals surface area contributed by atoms with Crippen LogP contribution in [0.2, 0.25) is 10.0 Å². The van der Waals surface area contributed by atoms with Gasteiger partial charge in [0.1, 0.15) is 21.4 Å². The standard InChI is InChI=1S/C17H19Cl2NO4S/c1-4-24-13-7-5-12(6-8-13)11(2)20-25(21,22)15-10-9-14(23-3)16(18)17(15)19/h5-11,20H,4H2,1-3H3/t11-/m0/s1. The molecule has 0 fully saturated rings. The predicted octanol–water partition coefficient (Wildman–Crippen LogP) is 4.44. The predicted molar refractivity (Wildman–Crippen MR) is 99.4 cm³/mol. The first-order chi connectivity index (χ1) is 11.8. The minimum atomic E-state index is -3.86. The molecule has 0 bridgehead atoms. The van der Waals surface area contributed by atoms with Gasteiger partial charge in [0.25, 0.3) is 0 Å². The highest BCUT2D eigenvalue weighted by Crippen LogP contribution is 2.37. The number of halogens is 2. The van der Waals surface area contributed by atoms with Gasteiger partial charge in [-0.2, -0.15) is 0 Å². The quantitative estimate of drug-likeness (QED) is 0.741. The van der Waals surface area contributed by atoms with Crippen molar-refractivity contribution < 1.29 is 17.9 Å². The molecular formula is C17H19Cl2NO4S. The van der Waals surface area contributed by atoms with E-state index in [1.165, 1.54) is 19.2 Å². The first-order valence-electron chi connectivity index (χ1n) is 7.57. The van der Waals surface area contributed by atoms with E-state index in [0.717, 1.165) is 11.3 Å². The van der Waals surface area contributed by atoms with E-state index in [4.69, 9.17) is 32.7 Å². The fraction of sp³-hybridized carbons (Fsp3) is 0.294. The van der Waals surface area contributed by atoms with Gasteiger partial charge >= 0.3 is 0 Å². The summed E-state index contributed by atoms with van der Waals surface area (Å²) in [6, 6.07) is 9.56. The van der Waals surface area contributed by atoms with Crippen LogP contribution in [0.1, 0.15) is 25.5 Å². The molecule has 5 nitrogen and oxygen atoms in total. The van der Waals surface area contributed by atoms with Crippen LogP contribution < -0.4 is 14.2 Å². The van der Waals surface area contributed by atoms with Gasteiger partial charge in [0.15, 0.2) is 0 Å². The Bertz CT molecular complexity index is 838. The van der Waals surface area contributed by atoms with Crippen molar-refractivity contribution in [3.8, 4) is 11.5 Å². The number of methoxy groups -OCH3 is 1. The monoisotopic (exact) mass is 403 g/mol. The van der Waals surface area contributed by atoms with E-state index in [1.54, 1.807) is 31.2 Å². The number of hydrogen-bond acceptors (Lipinski definition) is 4. The lowest BCUT2D eigenvalue weighted by Crippen LogP contribution is -2.27. The number of nitrogens with one attached hydrogen (secondary N) is 1. The molecule has 2 rings (SSSR count). The van der Waals surface area contributed by atoms with E-state index >= 15 is 0 Å². The van der Waals surface area contributed by atoms with E-state index in [1.807, 2.05) is 6.92 Å². The van der Waals surface area contributed by atoms with E-state index in [-0.39, 0.29) is 14.9 Å². The molecule has 0 aromatic heterocycles. The maximum absolute atomic E-state index is 12.6. The van der Waals surface area contributed by atoms with Crippen molar-refractivity contribution in [1.29, 1.82) is 0 Å². The van der Waals surface area contributed by atoms with Crippen LogP contribution in [-0.2, 0) is 10.0 Å². The largest absolute Gasteiger partial charge is 0.495 e. The number of sulfonamides is 1. The van der Waals surface area contributed by atoms with Crippen molar-refractivity contribution >= 4 is 33.2 Å². The van der Waals surface area contributed by atoms with Gasteiger partial charge in [-0.05, 0) is 43.7 Å². The summed E-state index contributed by atoms with van der Waals surface area (Å²) in [4.78, 5) is -0.0993. The van der Waals surface area contributed by atoms with Crippen LogP contribution in [0.3, 0.4) is 0 Å². The van der Waals surface area contributed by atoms with Crippen LogP contribution in [-0.4, -0.2) is 22.1 Å². The van der Waals surface area contributed by atoms with Crippen molar-refractivity contribution in [2.24, 2.45) is 0 Å². The zero-order valence-corrected chi connectivity index (χ0v) is 16.4. The molecule has 25 heavy (non-hydrogen) atoms. The lowest BCUT2D eigenvalue weighted by molar-refractivity contribution is 0.340. The molecule has 0 saturated carbocycles. The minimum Gasteiger partial charge on any atom is -0.495 e. The van der Waals surface area contributed by atoms with Crippen molar-refractivity contribution in [3.05, 3.63) is 52.0 Å². The summed E-state index contributed by atoms with van der Waals surface area (Å²) < 4.78 is 38.3. The molecule has 0 aliphatic rings. The van der Waals surface area contributed by atoms with E-state index < -0.39 is 16.1 Å². The van der Waals surface area contributed by atoms with Gasteiger partial charge in [0, 0.05) is 6.04 Å². The molecule has 0 radical (unpaired) electrons. The Labute approximate surface area is 157 Å². The minimum absolute atomic E-state index is 0.0563. The highest BCUT2D eigenvalue weighted by molar-refractivity contribution is 7.89. The molecule has 0 amide bonds. The van der Waals surface area contributed by atoms with Gasteiger partial charge in [0.05, 0.1) is 18.7 Å². The molecule has 0 heterocycles. The zero-order chi connectivity index (χ0) is 18.6. The Morgan fingerprint density at radius 2 is 1.72 bits per heavy atom. The molecule has 2 aromatic rings. The van der Waals surface area contributed by atoms with E-state index in [9.17, 15) is 8.42 Å². The SMILES string of the molecule is CCOc1ccc([C@H](C)NS(=O)(=O)c2ccc(OC)c(Cl)c2Cl)cc1. The summed E-state index contributed by atoms with van der Waals surface area (Å²) in [5.41, 5.74) is 0.794. The molecule has 136 valence electrons. The topological polar surface area (TPSA) is 64.6 Å². The van der Waals surface area contributed by atoms with Gasteiger partial charge in [-0.15, -0.1) is 0 Å². The number of hydrogen-bond donors (Lipinski definition) is 1. The van der Waals surface area contributed by atoms with Crippen LogP contribution in [0.4, 0.5) is 0 Å². The Morgan fingerprint density at radius 3 is 2.28 bits per heavy atom. The third-order valence-corrected chi connectivity index (χ3v) is 6.10. The molecule has 8 heteroatoms. The maximum atomic E-state index is 12.6. The number of rotatable bonds is 7. The van der Waals surface area contributed by atoms with Gasteiger partial charge in [-0.3, -0.25) is 0 Å². The van der Waals surface area contributed by atoms with Crippen molar-refractivity contribution in [3.63, 3.8) is 0 Å². The van der Waals surface area contributed by atoms with Crippen LogP contribution in [0.15, 0.2) is 41.3 Å². The maximum Gasteiger partial charge on any atom is 0.242 e.